The molecule has 0 aromatic heterocycles. The minimum Gasteiger partial charge on any atom is -0.316 e. The second kappa shape index (κ2) is 8.92. The van der Waals surface area contributed by atoms with E-state index in [4.69, 9.17) is 0 Å². The van der Waals surface area contributed by atoms with E-state index in [0.717, 1.165) is 12.0 Å². The van der Waals surface area contributed by atoms with Crippen molar-refractivity contribution in [1.82, 2.24) is 10.2 Å². The number of nitrogens with one attached hydrogen (secondary N) is 1. The summed E-state index contributed by atoms with van der Waals surface area (Å²) in [4.78, 5) is 2.76. The summed E-state index contributed by atoms with van der Waals surface area (Å²) >= 11 is 0. The van der Waals surface area contributed by atoms with Crippen LogP contribution in [0.4, 0.5) is 0 Å². The molecule has 1 fully saturated rings. The first kappa shape index (κ1) is 16.0. The monoisotopic (exact) mass is 254 g/mol. The van der Waals surface area contributed by atoms with Crippen LogP contribution in [0.5, 0.6) is 0 Å². The molecule has 0 heterocycles. The molecule has 108 valence electrons. The van der Waals surface area contributed by atoms with E-state index in [0.29, 0.717) is 6.04 Å². The highest BCUT2D eigenvalue weighted by atomic mass is 15.2. The zero-order valence-corrected chi connectivity index (χ0v) is 13.0. The van der Waals surface area contributed by atoms with E-state index in [1.807, 2.05) is 0 Å². The molecule has 0 radical (unpaired) electrons. The second-order valence-corrected chi connectivity index (χ2v) is 6.15. The zero-order chi connectivity index (χ0) is 13.4. The van der Waals surface area contributed by atoms with Gasteiger partial charge in [0, 0.05) is 12.1 Å². The Morgan fingerprint density at radius 2 is 1.89 bits per heavy atom. The van der Waals surface area contributed by atoms with Gasteiger partial charge in [0.25, 0.3) is 0 Å². The van der Waals surface area contributed by atoms with Crippen molar-refractivity contribution in [3.63, 3.8) is 0 Å². The molecule has 2 unspecified atom stereocenters. The van der Waals surface area contributed by atoms with Crippen molar-refractivity contribution < 1.29 is 0 Å². The molecule has 0 spiro atoms. The summed E-state index contributed by atoms with van der Waals surface area (Å²) in [6.45, 7) is 13.0. The van der Waals surface area contributed by atoms with Crippen molar-refractivity contribution in [3.05, 3.63) is 0 Å². The van der Waals surface area contributed by atoms with Gasteiger partial charge in [-0.05, 0) is 65.1 Å². The van der Waals surface area contributed by atoms with E-state index in [-0.39, 0.29) is 0 Å². The van der Waals surface area contributed by atoms with Crippen molar-refractivity contribution in [3.8, 4) is 0 Å². The van der Waals surface area contributed by atoms with E-state index in [1.54, 1.807) is 0 Å². The molecular weight excluding hydrogens is 220 g/mol. The van der Waals surface area contributed by atoms with Crippen molar-refractivity contribution in [2.75, 3.05) is 19.6 Å². The van der Waals surface area contributed by atoms with E-state index in [9.17, 15) is 0 Å². The Morgan fingerprint density at radius 3 is 2.39 bits per heavy atom. The third kappa shape index (κ3) is 4.89. The minimum atomic E-state index is 0.709. The van der Waals surface area contributed by atoms with Crippen LogP contribution in [0.3, 0.4) is 0 Å². The first-order valence-electron chi connectivity index (χ1n) is 8.17. The molecular formula is C16H34N2. The summed E-state index contributed by atoms with van der Waals surface area (Å²) in [6, 6.07) is 1.56. The molecule has 0 aromatic rings. The van der Waals surface area contributed by atoms with Gasteiger partial charge in [-0.25, -0.2) is 0 Å². The van der Waals surface area contributed by atoms with Crippen LogP contribution >= 0.6 is 0 Å². The van der Waals surface area contributed by atoms with E-state index < -0.39 is 0 Å². The number of unbranched alkanes of at least 4 members (excludes halogenated alkanes) is 2. The molecule has 0 bridgehead atoms. The summed E-state index contributed by atoms with van der Waals surface area (Å²) in [5.41, 5.74) is 0. The van der Waals surface area contributed by atoms with E-state index in [2.05, 4.69) is 37.9 Å². The molecule has 18 heavy (non-hydrogen) atoms. The molecule has 0 saturated heterocycles. The maximum atomic E-state index is 3.60. The molecule has 2 heteroatoms. The van der Waals surface area contributed by atoms with Crippen molar-refractivity contribution >= 4 is 0 Å². The van der Waals surface area contributed by atoms with Crippen LogP contribution in [0.25, 0.3) is 0 Å². The summed E-state index contributed by atoms with van der Waals surface area (Å²) in [5.74, 6) is 0.903. The number of hydrogen-bond acceptors (Lipinski definition) is 2. The molecule has 1 aliphatic carbocycles. The fourth-order valence-corrected chi connectivity index (χ4v) is 3.04. The van der Waals surface area contributed by atoms with Gasteiger partial charge in [-0.3, -0.25) is 4.90 Å². The third-order valence-electron chi connectivity index (χ3n) is 4.32. The molecule has 0 aliphatic heterocycles. The lowest BCUT2D eigenvalue weighted by molar-refractivity contribution is 0.0366. The lowest BCUT2D eigenvalue weighted by Gasteiger charge is -2.46. The van der Waals surface area contributed by atoms with Crippen LogP contribution in [0.15, 0.2) is 0 Å². The Labute approximate surface area is 115 Å². The predicted molar refractivity (Wildman–Crippen MR) is 81.0 cm³/mol. The van der Waals surface area contributed by atoms with Crippen molar-refractivity contribution in [1.29, 1.82) is 0 Å². The molecule has 2 nitrogen and oxygen atoms in total. The fraction of sp³-hybridized carbons (Fsp3) is 1.00. The van der Waals surface area contributed by atoms with Gasteiger partial charge in [-0.1, -0.05) is 26.7 Å². The maximum absolute atomic E-state index is 3.60. The van der Waals surface area contributed by atoms with Crippen LogP contribution in [0, 0.1) is 5.92 Å². The van der Waals surface area contributed by atoms with E-state index >= 15 is 0 Å². The molecule has 2 atom stereocenters. The van der Waals surface area contributed by atoms with Crippen molar-refractivity contribution in [2.24, 2.45) is 5.92 Å². The lowest BCUT2D eigenvalue weighted by Crippen LogP contribution is -2.53. The second-order valence-electron chi connectivity index (χ2n) is 6.15. The first-order chi connectivity index (χ1) is 8.70. The average molecular weight is 254 g/mol. The minimum absolute atomic E-state index is 0.709. The smallest absolute Gasteiger partial charge is 0.0138 e. The average Bonchev–Trinajstić information content (AvgIpc) is 2.32. The number of hydrogen-bond donors (Lipinski definition) is 1. The SMILES string of the molecule is CCCCCN(C(C)C)C1CCC1CNCCC. The largest absolute Gasteiger partial charge is 0.316 e. The Kier molecular flexibility index (Phi) is 7.92. The summed E-state index contributed by atoms with van der Waals surface area (Å²) in [6.07, 6.45) is 8.19. The van der Waals surface area contributed by atoms with E-state index in [1.165, 1.54) is 58.2 Å². The maximum Gasteiger partial charge on any atom is 0.0138 e. The topological polar surface area (TPSA) is 15.3 Å². The fourth-order valence-electron chi connectivity index (χ4n) is 3.04. The lowest BCUT2D eigenvalue weighted by atomic mass is 9.77. The predicted octanol–water partition coefficient (Wildman–Crippen LogP) is 3.67. The van der Waals surface area contributed by atoms with Gasteiger partial charge in [-0.15, -0.1) is 0 Å². The number of rotatable bonds is 10. The molecule has 1 N–H and O–H groups in total. The molecule has 0 aromatic carbocycles. The Balaban J connectivity index is 2.32. The highest BCUT2D eigenvalue weighted by molar-refractivity contribution is 4.91. The van der Waals surface area contributed by atoms with Crippen LogP contribution < -0.4 is 5.32 Å². The molecule has 1 aliphatic rings. The van der Waals surface area contributed by atoms with Crippen molar-refractivity contribution in [2.45, 2.75) is 78.3 Å². The Bertz CT molecular complexity index is 203. The van der Waals surface area contributed by atoms with Gasteiger partial charge in [0.05, 0.1) is 0 Å². The van der Waals surface area contributed by atoms with Gasteiger partial charge in [-0.2, -0.15) is 0 Å². The highest BCUT2D eigenvalue weighted by Gasteiger charge is 2.35. The van der Waals surface area contributed by atoms with Gasteiger partial charge in [0.1, 0.15) is 0 Å². The third-order valence-corrected chi connectivity index (χ3v) is 4.32. The van der Waals surface area contributed by atoms with Crippen LogP contribution in [-0.4, -0.2) is 36.6 Å². The molecule has 1 rings (SSSR count). The van der Waals surface area contributed by atoms with Crippen LogP contribution in [-0.2, 0) is 0 Å². The first-order valence-corrected chi connectivity index (χ1v) is 8.17. The van der Waals surface area contributed by atoms with Crippen LogP contribution in [0.1, 0.15) is 66.2 Å². The van der Waals surface area contributed by atoms with Gasteiger partial charge in [0.2, 0.25) is 0 Å². The standard InChI is InChI=1S/C16H34N2/c1-5-7-8-12-18(14(3)4)16-10-9-15(16)13-17-11-6-2/h14-17H,5-13H2,1-4H3. The summed E-state index contributed by atoms with van der Waals surface area (Å²) in [7, 11) is 0. The normalized spacial score (nSPS) is 23.7. The summed E-state index contributed by atoms with van der Waals surface area (Å²) < 4.78 is 0. The summed E-state index contributed by atoms with van der Waals surface area (Å²) in [5, 5.41) is 3.60. The van der Waals surface area contributed by atoms with Gasteiger partial charge < -0.3 is 5.32 Å². The van der Waals surface area contributed by atoms with Crippen LogP contribution in [0.2, 0.25) is 0 Å². The quantitative estimate of drug-likeness (QED) is 0.599. The number of nitrogens with zero attached hydrogens (tertiary/aromatic N) is 1. The molecule has 0 amide bonds. The Morgan fingerprint density at radius 1 is 1.11 bits per heavy atom. The van der Waals surface area contributed by atoms with Gasteiger partial charge >= 0.3 is 0 Å². The molecule has 1 saturated carbocycles. The van der Waals surface area contributed by atoms with Gasteiger partial charge in [0.15, 0.2) is 0 Å². The zero-order valence-electron chi connectivity index (χ0n) is 13.0. The highest BCUT2D eigenvalue weighted by Crippen LogP contribution is 2.33. The Hall–Kier alpha value is -0.0800.